The zero-order chi connectivity index (χ0) is 12.1. The lowest BCUT2D eigenvalue weighted by Crippen LogP contribution is -2.38. The third-order valence-electron chi connectivity index (χ3n) is 5.31. The van der Waals surface area contributed by atoms with E-state index in [4.69, 9.17) is 4.74 Å². The van der Waals surface area contributed by atoms with Gasteiger partial charge in [-0.3, -0.25) is 0 Å². The van der Waals surface area contributed by atoms with E-state index in [9.17, 15) is 4.79 Å². The molecule has 2 fully saturated rings. The van der Waals surface area contributed by atoms with Gasteiger partial charge in [0.1, 0.15) is 6.10 Å². The molecule has 0 amide bonds. The Morgan fingerprint density at radius 3 is 2.38 bits per heavy atom. The van der Waals surface area contributed by atoms with Gasteiger partial charge in [-0.25, -0.2) is 4.79 Å². The first-order valence-corrected chi connectivity index (χ1v) is 6.15. The number of hydrogen-bond donors (Lipinski definition) is 0. The molecule has 0 aromatic rings. The molecule has 0 heterocycles. The lowest BCUT2D eigenvalue weighted by atomic mass is 9.70. The van der Waals surface area contributed by atoms with Crippen molar-refractivity contribution < 1.29 is 9.53 Å². The zero-order valence-corrected chi connectivity index (χ0v) is 10.8. The summed E-state index contributed by atoms with van der Waals surface area (Å²) in [5, 5.41) is 0. The summed E-state index contributed by atoms with van der Waals surface area (Å²) in [6, 6.07) is 0. The van der Waals surface area contributed by atoms with Gasteiger partial charge in [0, 0.05) is 11.0 Å². The van der Waals surface area contributed by atoms with Gasteiger partial charge in [0.2, 0.25) is 0 Å². The minimum Gasteiger partial charge on any atom is -0.458 e. The molecule has 0 N–H and O–H groups in total. The van der Waals surface area contributed by atoms with Crippen LogP contribution >= 0.6 is 0 Å². The van der Waals surface area contributed by atoms with Gasteiger partial charge in [0.25, 0.3) is 0 Å². The molecule has 2 saturated carbocycles. The van der Waals surface area contributed by atoms with Crippen molar-refractivity contribution in [3.05, 3.63) is 12.2 Å². The van der Waals surface area contributed by atoms with Crippen molar-refractivity contribution in [3.8, 4) is 0 Å². The van der Waals surface area contributed by atoms with Crippen LogP contribution in [0, 0.1) is 16.7 Å². The first-order valence-electron chi connectivity index (χ1n) is 6.15. The van der Waals surface area contributed by atoms with Crippen molar-refractivity contribution in [2.24, 2.45) is 16.7 Å². The molecule has 0 aliphatic heterocycles. The van der Waals surface area contributed by atoms with Crippen LogP contribution < -0.4 is 0 Å². The molecule has 2 aliphatic rings. The topological polar surface area (TPSA) is 26.3 Å². The van der Waals surface area contributed by atoms with E-state index in [1.54, 1.807) is 6.92 Å². The number of esters is 1. The number of hydrogen-bond acceptors (Lipinski definition) is 2. The van der Waals surface area contributed by atoms with Crippen LogP contribution in [0.3, 0.4) is 0 Å². The summed E-state index contributed by atoms with van der Waals surface area (Å²) in [4.78, 5) is 11.6. The summed E-state index contributed by atoms with van der Waals surface area (Å²) in [7, 11) is 0. The lowest BCUT2D eigenvalue weighted by Gasteiger charge is -2.38. The first kappa shape index (κ1) is 11.7. The molecule has 0 aromatic carbocycles. The van der Waals surface area contributed by atoms with Gasteiger partial charge >= 0.3 is 5.97 Å². The Balaban J connectivity index is 2.16. The summed E-state index contributed by atoms with van der Waals surface area (Å²) in [5.41, 5.74) is 0.958. The second kappa shape index (κ2) is 3.35. The molecule has 0 radical (unpaired) electrons. The number of ether oxygens (including phenoxy) is 1. The van der Waals surface area contributed by atoms with Gasteiger partial charge in [0.05, 0.1) is 0 Å². The van der Waals surface area contributed by atoms with E-state index >= 15 is 0 Å². The van der Waals surface area contributed by atoms with E-state index in [-0.39, 0.29) is 17.5 Å². The second-order valence-corrected chi connectivity index (χ2v) is 6.28. The highest BCUT2D eigenvalue weighted by molar-refractivity contribution is 5.87. The average Bonchev–Trinajstić information content (AvgIpc) is 2.50. The standard InChI is InChI=1S/C14H22O2/c1-9(2)12(15)16-11-8-10-6-7-14(11,5)13(10,3)4/h10-11H,1,6-8H2,2-5H3/t10-,11+,14+/m1/s1. The molecule has 2 bridgehead atoms. The molecular formula is C14H22O2. The van der Waals surface area contributed by atoms with Gasteiger partial charge in [0.15, 0.2) is 0 Å². The molecule has 2 rings (SSSR count). The fourth-order valence-corrected chi connectivity index (χ4v) is 3.54. The van der Waals surface area contributed by atoms with Gasteiger partial charge < -0.3 is 4.74 Å². The smallest absolute Gasteiger partial charge is 0.333 e. The van der Waals surface area contributed by atoms with Crippen molar-refractivity contribution in [1.29, 1.82) is 0 Å². The summed E-state index contributed by atoms with van der Waals surface area (Å²) < 4.78 is 5.61. The van der Waals surface area contributed by atoms with Gasteiger partial charge in [-0.1, -0.05) is 27.4 Å². The number of carbonyl (C=O) groups is 1. The number of fused-ring (bicyclic) bond motifs is 2. The molecule has 16 heavy (non-hydrogen) atoms. The third kappa shape index (κ3) is 1.35. The quantitative estimate of drug-likeness (QED) is 0.529. The average molecular weight is 222 g/mol. The second-order valence-electron chi connectivity index (χ2n) is 6.28. The Bertz CT molecular complexity index is 343. The number of rotatable bonds is 2. The van der Waals surface area contributed by atoms with Crippen molar-refractivity contribution in [1.82, 2.24) is 0 Å². The molecule has 2 aliphatic carbocycles. The van der Waals surface area contributed by atoms with Crippen molar-refractivity contribution in [2.45, 2.75) is 53.1 Å². The minimum atomic E-state index is -0.227. The fourth-order valence-electron chi connectivity index (χ4n) is 3.54. The van der Waals surface area contributed by atoms with Crippen LogP contribution in [-0.4, -0.2) is 12.1 Å². The minimum absolute atomic E-state index is 0.0884. The van der Waals surface area contributed by atoms with E-state index in [1.165, 1.54) is 12.8 Å². The molecule has 0 saturated heterocycles. The van der Waals surface area contributed by atoms with Crippen LogP contribution in [-0.2, 0) is 9.53 Å². The van der Waals surface area contributed by atoms with Gasteiger partial charge in [-0.05, 0) is 37.5 Å². The summed E-state index contributed by atoms with van der Waals surface area (Å²) >= 11 is 0. The van der Waals surface area contributed by atoms with Crippen LogP contribution in [0.15, 0.2) is 12.2 Å². The molecule has 0 unspecified atom stereocenters. The van der Waals surface area contributed by atoms with Gasteiger partial charge in [-0.2, -0.15) is 0 Å². The van der Waals surface area contributed by atoms with E-state index in [0.717, 1.165) is 6.42 Å². The summed E-state index contributed by atoms with van der Waals surface area (Å²) in [6.07, 6.45) is 3.58. The van der Waals surface area contributed by atoms with Crippen LogP contribution in [0.2, 0.25) is 0 Å². The Hall–Kier alpha value is -0.790. The largest absolute Gasteiger partial charge is 0.458 e. The molecule has 0 aromatic heterocycles. The fraction of sp³-hybridized carbons (Fsp3) is 0.786. The Kier molecular flexibility index (Phi) is 2.45. The Morgan fingerprint density at radius 1 is 1.38 bits per heavy atom. The Morgan fingerprint density at radius 2 is 2.00 bits per heavy atom. The van der Waals surface area contributed by atoms with E-state index in [1.807, 2.05) is 0 Å². The van der Waals surface area contributed by atoms with Crippen LogP contribution in [0.5, 0.6) is 0 Å². The highest BCUT2D eigenvalue weighted by atomic mass is 16.5. The maximum absolute atomic E-state index is 11.6. The lowest BCUT2D eigenvalue weighted by molar-refractivity contribution is -0.151. The van der Waals surface area contributed by atoms with Crippen molar-refractivity contribution in [3.63, 3.8) is 0 Å². The normalized spacial score (nSPS) is 39.8. The number of carbonyl (C=O) groups excluding carboxylic acids is 1. The molecule has 0 spiro atoms. The molecule has 2 heteroatoms. The predicted octanol–water partition coefficient (Wildman–Crippen LogP) is 3.32. The maximum atomic E-state index is 11.6. The molecule has 2 nitrogen and oxygen atoms in total. The molecule has 90 valence electrons. The highest BCUT2D eigenvalue weighted by Crippen LogP contribution is 2.66. The Labute approximate surface area is 98.1 Å². The van der Waals surface area contributed by atoms with Crippen LogP contribution in [0.25, 0.3) is 0 Å². The third-order valence-corrected chi connectivity index (χ3v) is 5.31. The van der Waals surface area contributed by atoms with E-state index in [2.05, 4.69) is 27.4 Å². The summed E-state index contributed by atoms with van der Waals surface area (Å²) in [5.74, 6) is 0.481. The van der Waals surface area contributed by atoms with Crippen LogP contribution in [0.4, 0.5) is 0 Å². The van der Waals surface area contributed by atoms with E-state index < -0.39 is 0 Å². The van der Waals surface area contributed by atoms with Gasteiger partial charge in [-0.15, -0.1) is 0 Å². The van der Waals surface area contributed by atoms with Crippen LogP contribution in [0.1, 0.15) is 47.0 Å². The van der Waals surface area contributed by atoms with E-state index in [0.29, 0.717) is 16.9 Å². The van der Waals surface area contributed by atoms with Crippen molar-refractivity contribution >= 4 is 5.97 Å². The SMILES string of the molecule is C=C(C)C(=O)O[C@H]1C[C@H]2CC[C@]1(C)C2(C)C. The first-order chi connectivity index (χ1) is 7.29. The predicted molar refractivity (Wildman–Crippen MR) is 63.9 cm³/mol. The van der Waals surface area contributed by atoms with Crippen molar-refractivity contribution in [2.75, 3.05) is 0 Å². The monoisotopic (exact) mass is 222 g/mol. The molecular weight excluding hydrogens is 200 g/mol. The maximum Gasteiger partial charge on any atom is 0.333 e. The molecule has 3 atom stereocenters. The summed E-state index contributed by atoms with van der Waals surface area (Å²) in [6.45, 7) is 12.3. The highest BCUT2D eigenvalue weighted by Gasteiger charge is 2.62. The zero-order valence-electron chi connectivity index (χ0n) is 10.8.